The molecule has 0 saturated carbocycles. The Morgan fingerprint density at radius 1 is 0.696 bits per heavy atom. The number of hydrogen-bond donors (Lipinski definition) is 0. The van der Waals surface area contributed by atoms with Gasteiger partial charge in [0, 0.05) is 23.3 Å². The van der Waals surface area contributed by atoms with Crippen LogP contribution in [0.3, 0.4) is 0 Å². The third kappa shape index (κ3) is 4.01. The molecule has 4 rings (SSSR count). The van der Waals surface area contributed by atoms with Gasteiger partial charge in [0.2, 0.25) is 0 Å². The predicted molar refractivity (Wildman–Crippen MR) is 96.2 cm³/mol. The van der Waals surface area contributed by atoms with E-state index in [9.17, 15) is 0 Å². The molecule has 0 aliphatic heterocycles. The molecule has 0 saturated heterocycles. The lowest BCUT2D eigenvalue weighted by Crippen LogP contribution is -1.79. The number of rotatable bonds is 1. The lowest BCUT2D eigenvalue weighted by molar-refractivity contribution is 1.33. The van der Waals surface area contributed by atoms with Gasteiger partial charge in [-0.1, -0.05) is 54.6 Å². The minimum absolute atomic E-state index is 1.03. The number of benzene rings is 2. The number of aromatic nitrogens is 2. The average Bonchev–Trinajstić information content (AvgIpc) is 2.64. The van der Waals surface area contributed by atoms with Crippen molar-refractivity contribution in [2.75, 3.05) is 0 Å². The Morgan fingerprint density at radius 3 is 2.22 bits per heavy atom. The van der Waals surface area contributed by atoms with Crippen LogP contribution < -0.4 is 0 Å². The molecule has 0 aliphatic carbocycles. The summed E-state index contributed by atoms with van der Waals surface area (Å²) in [7, 11) is 0. The number of nitrogens with zero attached hydrogens (tertiary/aromatic N) is 2. The highest BCUT2D eigenvalue weighted by atomic mass is 14.7. The Balaban J connectivity index is 0.000000136. The van der Waals surface area contributed by atoms with Crippen LogP contribution in [-0.2, 0) is 0 Å². The number of para-hydroxylation sites is 1. The molecule has 0 radical (unpaired) electrons. The van der Waals surface area contributed by atoms with E-state index in [-0.39, 0.29) is 0 Å². The van der Waals surface area contributed by atoms with E-state index in [0.717, 1.165) is 16.8 Å². The quantitative estimate of drug-likeness (QED) is 0.477. The zero-order chi connectivity index (χ0) is 15.9. The summed E-state index contributed by atoms with van der Waals surface area (Å²) in [6.45, 7) is 2.06. The number of pyridine rings is 2. The third-order valence-electron chi connectivity index (χ3n) is 3.46. The molecular formula is C21H18N2. The monoisotopic (exact) mass is 298 g/mol. The van der Waals surface area contributed by atoms with Gasteiger partial charge in [0.25, 0.3) is 0 Å². The van der Waals surface area contributed by atoms with Gasteiger partial charge in [0.1, 0.15) is 0 Å². The second-order valence-electron chi connectivity index (χ2n) is 5.29. The highest BCUT2D eigenvalue weighted by molar-refractivity contribution is 5.78. The molecule has 112 valence electrons. The first-order valence-electron chi connectivity index (χ1n) is 7.61. The number of aryl methyl sites for hydroxylation is 1. The molecule has 4 aromatic rings. The van der Waals surface area contributed by atoms with Crippen LogP contribution in [0.25, 0.3) is 22.2 Å². The molecule has 2 heterocycles. The van der Waals surface area contributed by atoms with Crippen molar-refractivity contribution >= 4 is 10.9 Å². The number of fused-ring (bicyclic) bond motifs is 1. The minimum atomic E-state index is 1.03. The lowest BCUT2D eigenvalue weighted by atomic mass is 10.1. The van der Waals surface area contributed by atoms with Crippen molar-refractivity contribution in [3.63, 3.8) is 0 Å². The van der Waals surface area contributed by atoms with Gasteiger partial charge in [-0.3, -0.25) is 9.97 Å². The summed E-state index contributed by atoms with van der Waals surface area (Å²) in [5.74, 6) is 0. The molecule has 2 heteroatoms. The summed E-state index contributed by atoms with van der Waals surface area (Å²) in [6.07, 6.45) is 3.70. The van der Waals surface area contributed by atoms with Gasteiger partial charge in [-0.2, -0.15) is 0 Å². The first-order chi connectivity index (χ1) is 11.3. The second-order valence-corrected chi connectivity index (χ2v) is 5.29. The zero-order valence-electron chi connectivity index (χ0n) is 13.1. The molecule has 23 heavy (non-hydrogen) atoms. The van der Waals surface area contributed by atoms with Gasteiger partial charge in [0.05, 0.1) is 11.2 Å². The molecule has 0 fully saturated rings. The van der Waals surface area contributed by atoms with Crippen LogP contribution in [0, 0.1) is 6.92 Å². The number of hydrogen-bond acceptors (Lipinski definition) is 2. The Bertz CT molecular complexity index is 834. The van der Waals surface area contributed by atoms with Crippen LogP contribution in [0.15, 0.2) is 91.3 Å². The predicted octanol–water partition coefficient (Wildman–Crippen LogP) is 5.29. The Kier molecular flexibility index (Phi) is 4.75. The van der Waals surface area contributed by atoms with Crippen molar-refractivity contribution in [1.29, 1.82) is 0 Å². The van der Waals surface area contributed by atoms with E-state index in [2.05, 4.69) is 41.2 Å². The van der Waals surface area contributed by atoms with Gasteiger partial charge in [0.15, 0.2) is 0 Å². The van der Waals surface area contributed by atoms with E-state index in [1.807, 2.05) is 67.0 Å². The van der Waals surface area contributed by atoms with Crippen molar-refractivity contribution in [2.45, 2.75) is 6.92 Å². The average molecular weight is 298 g/mol. The molecule has 0 unspecified atom stereocenters. The van der Waals surface area contributed by atoms with Crippen LogP contribution in [0.5, 0.6) is 0 Å². The van der Waals surface area contributed by atoms with Crippen molar-refractivity contribution in [3.8, 4) is 11.3 Å². The van der Waals surface area contributed by atoms with Gasteiger partial charge in [-0.15, -0.1) is 0 Å². The Morgan fingerprint density at radius 2 is 1.43 bits per heavy atom. The summed E-state index contributed by atoms with van der Waals surface area (Å²) < 4.78 is 0. The van der Waals surface area contributed by atoms with E-state index < -0.39 is 0 Å². The van der Waals surface area contributed by atoms with Crippen molar-refractivity contribution in [2.24, 2.45) is 0 Å². The molecule has 2 aromatic heterocycles. The largest absolute Gasteiger partial charge is 0.256 e. The first kappa shape index (κ1) is 14.9. The van der Waals surface area contributed by atoms with Gasteiger partial charge in [-0.25, -0.2) is 0 Å². The topological polar surface area (TPSA) is 25.8 Å². The van der Waals surface area contributed by atoms with E-state index in [4.69, 9.17) is 0 Å². The lowest BCUT2D eigenvalue weighted by Gasteiger charge is -1.97. The SMILES string of the molecule is Cc1cnc2ccccc2c1.c1ccc(-c2ccccn2)cc1. The Hall–Kier alpha value is -3.00. The first-order valence-corrected chi connectivity index (χ1v) is 7.61. The molecule has 0 spiro atoms. The van der Waals surface area contributed by atoms with Crippen LogP contribution >= 0.6 is 0 Å². The van der Waals surface area contributed by atoms with Crippen molar-refractivity contribution in [1.82, 2.24) is 9.97 Å². The van der Waals surface area contributed by atoms with Crippen LogP contribution in [0.4, 0.5) is 0 Å². The maximum Gasteiger partial charge on any atom is 0.0702 e. The summed E-state index contributed by atoms with van der Waals surface area (Å²) in [5.41, 5.74) is 4.47. The summed E-state index contributed by atoms with van der Waals surface area (Å²) in [4.78, 5) is 8.53. The van der Waals surface area contributed by atoms with E-state index in [1.54, 1.807) is 0 Å². The summed E-state index contributed by atoms with van der Waals surface area (Å²) in [5, 5.41) is 1.22. The van der Waals surface area contributed by atoms with Crippen LogP contribution in [-0.4, -0.2) is 9.97 Å². The summed E-state index contributed by atoms with van der Waals surface area (Å²) in [6, 6.07) is 26.4. The second kappa shape index (κ2) is 7.32. The Labute approximate surface area is 136 Å². The van der Waals surface area contributed by atoms with Crippen LogP contribution in [0.1, 0.15) is 5.56 Å². The fourth-order valence-corrected chi connectivity index (χ4v) is 2.32. The zero-order valence-corrected chi connectivity index (χ0v) is 13.1. The smallest absolute Gasteiger partial charge is 0.0702 e. The molecule has 0 aliphatic rings. The normalized spacial score (nSPS) is 9.96. The molecule has 0 atom stereocenters. The molecule has 0 bridgehead atoms. The third-order valence-corrected chi connectivity index (χ3v) is 3.46. The highest BCUT2D eigenvalue weighted by Crippen LogP contribution is 2.14. The fourth-order valence-electron chi connectivity index (χ4n) is 2.32. The molecule has 0 amide bonds. The van der Waals surface area contributed by atoms with Gasteiger partial charge >= 0.3 is 0 Å². The van der Waals surface area contributed by atoms with Crippen molar-refractivity contribution < 1.29 is 0 Å². The maximum absolute atomic E-state index is 4.28. The molecule has 2 nitrogen and oxygen atoms in total. The minimum Gasteiger partial charge on any atom is -0.256 e. The van der Waals surface area contributed by atoms with Crippen LogP contribution in [0.2, 0.25) is 0 Å². The summed E-state index contributed by atoms with van der Waals surface area (Å²) >= 11 is 0. The van der Waals surface area contributed by atoms with Crippen molar-refractivity contribution in [3.05, 3.63) is 96.8 Å². The maximum atomic E-state index is 4.28. The standard InChI is InChI=1S/C11H9N.C10H9N/c1-2-6-10(7-3-1)11-8-4-5-9-12-11;1-8-6-9-4-2-3-5-10(9)11-7-8/h1-9H;2-7H,1H3. The van der Waals surface area contributed by atoms with Gasteiger partial charge < -0.3 is 0 Å². The van der Waals surface area contributed by atoms with E-state index in [1.165, 1.54) is 10.9 Å². The van der Waals surface area contributed by atoms with Gasteiger partial charge in [-0.05, 0) is 36.8 Å². The molecule has 2 aromatic carbocycles. The fraction of sp³-hybridized carbons (Fsp3) is 0.0476. The van der Waals surface area contributed by atoms with E-state index >= 15 is 0 Å². The molecule has 0 N–H and O–H groups in total. The van der Waals surface area contributed by atoms with E-state index in [0.29, 0.717) is 0 Å². The highest BCUT2D eigenvalue weighted by Gasteiger charge is 1.93. The molecular weight excluding hydrogens is 280 g/mol.